The first-order valence-electron chi connectivity index (χ1n) is 19.3. The van der Waals surface area contributed by atoms with Crippen LogP contribution >= 0.6 is 0 Å². The number of nitrogens with zero attached hydrogens (tertiary/aromatic N) is 6. The van der Waals surface area contributed by atoms with Gasteiger partial charge in [0.2, 0.25) is 5.95 Å². The molecule has 2 aromatic heterocycles. The van der Waals surface area contributed by atoms with Crippen molar-refractivity contribution in [2.45, 2.75) is 157 Å². The van der Waals surface area contributed by atoms with Crippen molar-refractivity contribution in [1.29, 1.82) is 0 Å². The molecule has 0 atom stereocenters. The van der Waals surface area contributed by atoms with Gasteiger partial charge in [-0.3, -0.25) is 9.48 Å². The van der Waals surface area contributed by atoms with Gasteiger partial charge in [-0.1, -0.05) is 69.7 Å². The number of imidazole rings is 1. The Balaban J connectivity index is 1.52. The SMILES string of the molecule is CCCCCCN(C(=O)OC(C)(C)C)c1nc(CCCCCc2cn(CCNC(=O)c3ccc(CCCCC)cc3)nn2)cn1C(=O)OC(C)(C)C. The lowest BCUT2D eigenvalue weighted by molar-refractivity contribution is 0.0531. The van der Waals surface area contributed by atoms with Crippen LogP contribution in [0.5, 0.6) is 0 Å². The number of nitrogens with one attached hydrogen (secondary N) is 1. The molecule has 12 heteroatoms. The molecule has 0 fully saturated rings. The summed E-state index contributed by atoms with van der Waals surface area (Å²) in [5, 5.41) is 11.5. The Hall–Kier alpha value is -4.22. The fraction of sp³-hybridized carbons (Fsp3) is 0.650. The number of rotatable bonds is 20. The molecule has 2 amide bonds. The first-order chi connectivity index (χ1) is 24.7. The van der Waals surface area contributed by atoms with E-state index in [2.05, 4.69) is 29.5 Å². The summed E-state index contributed by atoms with van der Waals surface area (Å²) >= 11 is 0. The predicted molar refractivity (Wildman–Crippen MR) is 205 cm³/mol. The van der Waals surface area contributed by atoms with E-state index in [-0.39, 0.29) is 11.9 Å². The highest BCUT2D eigenvalue weighted by Gasteiger charge is 2.30. The number of hydrogen-bond acceptors (Lipinski definition) is 8. The Kier molecular flexibility index (Phi) is 16.8. The van der Waals surface area contributed by atoms with Crippen LogP contribution in [0.4, 0.5) is 15.5 Å². The van der Waals surface area contributed by atoms with Gasteiger partial charge in [0.15, 0.2) is 0 Å². The molecule has 3 rings (SSSR count). The molecule has 0 saturated heterocycles. The Morgan fingerprint density at radius 1 is 0.750 bits per heavy atom. The highest BCUT2D eigenvalue weighted by Crippen LogP contribution is 2.23. The maximum Gasteiger partial charge on any atom is 0.421 e. The average Bonchev–Trinajstić information content (AvgIpc) is 3.70. The van der Waals surface area contributed by atoms with Gasteiger partial charge in [-0.25, -0.2) is 24.0 Å². The van der Waals surface area contributed by atoms with E-state index < -0.39 is 23.4 Å². The summed E-state index contributed by atoms with van der Waals surface area (Å²) in [5.74, 6) is 0.131. The van der Waals surface area contributed by atoms with Crippen molar-refractivity contribution in [3.63, 3.8) is 0 Å². The summed E-state index contributed by atoms with van der Waals surface area (Å²) in [4.78, 5) is 45.5. The zero-order valence-corrected chi connectivity index (χ0v) is 33.0. The fourth-order valence-corrected chi connectivity index (χ4v) is 5.60. The van der Waals surface area contributed by atoms with Gasteiger partial charge in [0.1, 0.15) is 11.2 Å². The Labute approximate surface area is 311 Å². The highest BCUT2D eigenvalue weighted by atomic mass is 16.6. The van der Waals surface area contributed by atoms with Crippen molar-refractivity contribution < 1.29 is 23.9 Å². The van der Waals surface area contributed by atoms with Crippen LogP contribution in [0.15, 0.2) is 36.7 Å². The molecule has 0 bridgehead atoms. The topological polar surface area (TPSA) is 133 Å². The monoisotopic (exact) mass is 721 g/mol. The first kappa shape index (κ1) is 42.2. The molecule has 0 spiro atoms. The molecule has 1 N–H and O–H groups in total. The number of ether oxygens (including phenoxy) is 2. The maximum atomic E-state index is 13.4. The number of unbranched alkanes of at least 4 members (excludes halogenated alkanes) is 7. The smallest absolute Gasteiger partial charge is 0.421 e. The number of carbonyl (C=O) groups is 3. The molecule has 0 unspecified atom stereocenters. The van der Waals surface area contributed by atoms with Gasteiger partial charge < -0.3 is 14.8 Å². The molecule has 52 heavy (non-hydrogen) atoms. The second-order valence-corrected chi connectivity index (χ2v) is 15.5. The molecule has 288 valence electrons. The van der Waals surface area contributed by atoms with Crippen LogP contribution in [-0.2, 0) is 35.3 Å². The number of aryl methyl sites for hydroxylation is 3. The standard InChI is InChI=1S/C40H63N7O5/c1-9-11-13-18-27-46(37(49)51-39(3,4)5)36-42-33(30-47(36)38(50)52-40(6,7)8)20-16-14-17-21-34-29-45(44-43-34)28-26-41-35(48)32-24-22-31(23-25-32)19-15-12-10-2/h22-25,29-30H,9-21,26-28H2,1-8H3,(H,41,48). The van der Waals surface area contributed by atoms with Crippen molar-refractivity contribution in [3.8, 4) is 0 Å². The van der Waals surface area contributed by atoms with E-state index in [9.17, 15) is 14.4 Å². The van der Waals surface area contributed by atoms with Crippen molar-refractivity contribution >= 4 is 24.0 Å². The molecule has 0 aliphatic carbocycles. The van der Waals surface area contributed by atoms with Gasteiger partial charge in [0, 0.05) is 31.0 Å². The van der Waals surface area contributed by atoms with Gasteiger partial charge in [0.25, 0.3) is 5.91 Å². The van der Waals surface area contributed by atoms with E-state index in [1.165, 1.54) is 34.3 Å². The highest BCUT2D eigenvalue weighted by molar-refractivity contribution is 5.94. The summed E-state index contributed by atoms with van der Waals surface area (Å²) in [6.07, 6.45) is 15.0. The molecular weight excluding hydrogens is 658 g/mol. The van der Waals surface area contributed by atoms with Crippen molar-refractivity contribution in [2.75, 3.05) is 18.0 Å². The van der Waals surface area contributed by atoms with Crippen LogP contribution in [0.3, 0.4) is 0 Å². The Bertz CT molecular complexity index is 1530. The average molecular weight is 722 g/mol. The summed E-state index contributed by atoms with van der Waals surface area (Å²) in [5.41, 5.74) is 2.11. The van der Waals surface area contributed by atoms with Crippen molar-refractivity contribution in [1.82, 2.24) is 29.9 Å². The van der Waals surface area contributed by atoms with Gasteiger partial charge in [-0.2, -0.15) is 0 Å². The quantitative estimate of drug-likeness (QED) is 0.115. The number of amides is 2. The molecule has 0 aliphatic heterocycles. The van der Waals surface area contributed by atoms with E-state index in [1.807, 2.05) is 72.0 Å². The normalized spacial score (nSPS) is 11.8. The third-order valence-electron chi connectivity index (χ3n) is 8.28. The van der Waals surface area contributed by atoms with Crippen LogP contribution in [0.25, 0.3) is 0 Å². The van der Waals surface area contributed by atoms with E-state index in [4.69, 9.17) is 14.5 Å². The van der Waals surface area contributed by atoms with Crippen LogP contribution in [0, 0.1) is 0 Å². The van der Waals surface area contributed by atoms with Gasteiger partial charge in [-0.15, -0.1) is 5.10 Å². The van der Waals surface area contributed by atoms with E-state index in [0.717, 1.165) is 63.5 Å². The molecule has 0 saturated carbocycles. The largest absolute Gasteiger partial charge is 0.443 e. The molecule has 0 radical (unpaired) electrons. The second kappa shape index (κ2) is 20.7. The van der Waals surface area contributed by atoms with Gasteiger partial charge >= 0.3 is 12.2 Å². The summed E-state index contributed by atoms with van der Waals surface area (Å²) < 4.78 is 14.5. The predicted octanol–water partition coefficient (Wildman–Crippen LogP) is 8.70. The third-order valence-corrected chi connectivity index (χ3v) is 8.28. The lowest BCUT2D eigenvalue weighted by Gasteiger charge is -2.27. The minimum absolute atomic E-state index is 0.0898. The summed E-state index contributed by atoms with van der Waals surface area (Å²) in [6, 6.07) is 7.87. The molecule has 0 aliphatic rings. The second-order valence-electron chi connectivity index (χ2n) is 15.5. The van der Waals surface area contributed by atoms with Crippen LogP contribution < -0.4 is 10.2 Å². The van der Waals surface area contributed by atoms with Crippen LogP contribution in [0.1, 0.15) is 147 Å². The summed E-state index contributed by atoms with van der Waals surface area (Å²) in [7, 11) is 0. The number of anilines is 1. The minimum Gasteiger partial charge on any atom is -0.443 e. The molecular formula is C40H63N7O5. The number of benzene rings is 1. The molecule has 1 aromatic carbocycles. The van der Waals surface area contributed by atoms with Crippen molar-refractivity contribution in [2.24, 2.45) is 0 Å². The third kappa shape index (κ3) is 15.2. The molecule has 2 heterocycles. The lowest BCUT2D eigenvalue weighted by Crippen LogP contribution is -2.40. The summed E-state index contributed by atoms with van der Waals surface area (Å²) in [6.45, 7) is 16.6. The fourth-order valence-electron chi connectivity index (χ4n) is 5.60. The number of aromatic nitrogens is 5. The van der Waals surface area contributed by atoms with Gasteiger partial charge in [-0.05, 0) is 104 Å². The lowest BCUT2D eigenvalue weighted by atomic mass is 10.1. The minimum atomic E-state index is -0.716. The van der Waals surface area contributed by atoms with Crippen LogP contribution in [0.2, 0.25) is 0 Å². The first-order valence-corrected chi connectivity index (χ1v) is 19.3. The van der Waals surface area contributed by atoms with E-state index in [1.54, 1.807) is 10.9 Å². The number of carbonyl (C=O) groups excluding carboxylic acids is 3. The maximum absolute atomic E-state index is 13.4. The van der Waals surface area contributed by atoms with Crippen molar-refractivity contribution in [3.05, 3.63) is 59.2 Å². The zero-order valence-electron chi connectivity index (χ0n) is 33.0. The van der Waals surface area contributed by atoms with Crippen LogP contribution in [-0.4, -0.2) is 66.9 Å². The zero-order chi connectivity index (χ0) is 38.1. The van der Waals surface area contributed by atoms with E-state index in [0.29, 0.717) is 37.3 Å². The Morgan fingerprint density at radius 3 is 2.02 bits per heavy atom. The molecule has 12 nitrogen and oxygen atoms in total. The molecule has 3 aromatic rings. The van der Waals surface area contributed by atoms with Gasteiger partial charge in [0.05, 0.1) is 17.9 Å². The Morgan fingerprint density at radius 2 is 1.37 bits per heavy atom. The van der Waals surface area contributed by atoms with E-state index >= 15 is 0 Å². The number of hydrogen-bond donors (Lipinski definition) is 1.